The largest absolute Gasteiger partial charge is 0.393 e. The molecule has 2 nitrogen and oxygen atoms in total. The Kier molecular flexibility index (Phi) is 5.95. The van der Waals surface area contributed by atoms with E-state index in [9.17, 15) is 10.2 Å². The Morgan fingerprint density at radius 1 is 0.857 bits per heavy atom. The molecule has 0 spiro atoms. The van der Waals surface area contributed by atoms with Crippen molar-refractivity contribution in [2.24, 2.45) is 46.3 Å². The minimum atomic E-state index is -0.0891. The van der Waals surface area contributed by atoms with Crippen LogP contribution in [0.1, 0.15) is 105 Å². The van der Waals surface area contributed by atoms with Crippen molar-refractivity contribution in [3.8, 4) is 0 Å². The van der Waals surface area contributed by atoms with Gasteiger partial charge in [0.1, 0.15) is 0 Å². The van der Waals surface area contributed by atoms with E-state index in [1.54, 1.807) is 0 Å². The number of hydrogen-bond acceptors (Lipinski definition) is 2. The maximum absolute atomic E-state index is 10.7. The summed E-state index contributed by atoms with van der Waals surface area (Å²) >= 11 is 0. The molecule has 4 aliphatic rings. The number of fused-ring (bicyclic) bond motifs is 5. The van der Waals surface area contributed by atoms with Gasteiger partial charge in [-0.3, -0.25) is 0 Å². The van der Waals surface area contributed by atoms with Crippen molar-refractivity contribution in [3.63, 3.8) is 0 Å². The molecule has 2 heteroatoms. The molecule has 0 amide bonds. The van der Waals surface area contributed by atoms with Crippen LogP contribution in [0.5, 0.6) is 0 Å². The van der Waals surface area contributed by atoms with Gasteiger partial charge in [-0.25, -0.2) is 0 Å². The Hall–Kier alpha value is -0.0800. The highest BCUT2D eigenvalue weighted by atomic mass is 16.3. The maximum Gasteiger partial charge on any atom is 0.0543 e. The number of aliphatic hydroxyl groups excluding tert-OH is 2. The Morgan fingerprint density at radius 3 is 2.32 bits per heavy atom. The Bertz CT molecular complexity index is 545. The lowest BCUT2D eigenvalue weighted by atomic mass is 9.44. The van der Waals surface area contributed by atoms with Crippen LogP contribution < -0.4 is 0 Å². The van der Waals surface area contributed by atoms with Crippen molar-refractivity contribution >= 4 is 0 Å². The average molecular weight is 391 g/mol. The van der Waals surface area contributed by atoms with Crippen LogP contribution in [0.15, 0.2) is 0 Å². The van der Waals surface area contributed by atoms with Gasteiger partial charge < -0.3 is 10.2 Å². The van der Waals surface area contributed by atoms with Crippen molar-refractivity contribution in [2.75, 3.05) is 0 Å². The lowest BCUT2D eigenvalue weighted by molar-refractivity contribution is -0.128. The molecule has 162 valence electrons. The molecule has 6 unspecified atom stereocenters. The fourth-order valence-electron chi connectivity index (χ4n) is 8.70. The topological polar surface area (TPSA) is 40.5 Å². The van der Waals surface area contributed by atoms with Crippen LogP contribution in [0.25, 0.3) is 0 Å². The third-order valence-electron chi connectivity index (χ3n) is 10.5. The maximum atomic E-state index is 10.7. The first-order valence-corrected chi connectivity index (χ1v) is 12.6. The predicted octanol–water partition coefficient (Wildman–Crippen LogP) is 6.19. The molecule has 0 bridgehead atoms. The van der Waals surface area contributed by atoms with E-state index in [4.69, 9.17) is 0 Å². The highest BCUT2D eigenvalue weighted by molar-refractivity contribution is 5.09. The van der Waals surface area contributed by atoms with Gasteiger partial charge in [-0.15, -0.1) is 0 Å². The van der Waals surface area contributed by atoms with Crippen LogP contribution in [-0.4, -0.2) is 22.4 Å². The number of hydrogen-bond donors (Lipinski definition) is 2. The van der Waals surface area contributed by atoms with Gasteiger partial charge in [-0.05, 0) is 123 Å². The summed E-state index contributed by atoms with van der Waals surface area (Å²) in [5.74, 6) is 4.88. The molecule has 0 aliphatic heterocycles. The molecular formula is C26H46O2. The van der Waals surface area contributed by atoms with Gasteiger partial charge in [-0.1, -0.05) is 27.7 Å². The van der Waals surface area contributed by atoms with Crippen LogP contribution in [-0.2, 0) is 0 Å². The fourth-order valence-corrected chi connectivity index (χ4v) is 8.70. The van der Waals surface area contributed by atoms with Crippen LogP contribution in [0.3, 0.4) is 0 Å². The number of rotatable bonds is 5. The first-order valence-electron chi connectivity index (χ1n) is 12.6. The molecule has 4 aliphatic carbocycles. The van der Waals surface area contributed by atoms with Gasteiger partial charge >= 0.3 is 0 Å². The predicted molar refractivity (Wildman–Crippen MR) is 116 cm³/mol. The summed E-state index contributed by atoms with van der Waals surface area (Å²) < 4.78 is 0. The quantitative estimate of drug-likeness (QED) is 0.587. The van der Waals surface area contributed by atoms with E-state index in [1.807, 2.05) is 0 Å². The van der Waals surface area contributed by atoms with E-state index in [2.05, 4.69) is 27.7 Å². The summed E-state index contributed by atoms with van der Waals surface area (Å²) in [5.41, 5.74) is 0.954. The van der Waals surface area contributed by atoms with Crippen LogP contribution in [0.2, 0.25) is 0 Å². The molecule has 0 heterocycles. The summed E-state index contributed by atoms with van der Waals surface area (Å²) in [4.78, 5) is 0. The molecule has 4 rings (SSSR count). The standard InChI is InChI=1S/C26H46O2/c1-17(2)5-8-20(27)15-19-7-10-23-22-9-6-18-16-21(28)11-13-25(18,3)24(22)12-14-26(19,23)4/h17-24,27-28H,5-16H2,1-4H3/t18?,19-,20?,21+,22+,23?,24?,25?,26?/m1/s1. The first kappa shape index (κ1) is 21.2. The second-order valence-electron chi connectivity index (χ2n) is 12.3. The van der Waals surface area contributed by atoms with Crippen LogP contribution in [0.4, 0.5) is 0 Å². The van der Waals surface area contributed by atoms with Gasteiger partial charge in [0.2, 0.25) is 0 Å². The Balaban J connectivity index is 1.45. The lowest BCUT2D eigenvalue weighted by Crippen LogP contribution is -2.54. The summed E-state index contributed by atoms with van der Waals surface area (Å²) in [7, 11) is 0. The monoisotopic (exact) mass is 390 g/mol. The van der Waals surface area contributed by atoms with Gasteiger partial charge in [0.05, 0.1) is 12.2 Å². The molecule has 2 N–H and O–H groups in total. The summed E-state index contributed by atoms with van der Waals surface area (Å²) in [5, 5.41) is 20.9. The summed E-state index contributed by atoms with van der Waals surface area (Å²) in [6.07, 6.45) is 14.7. The van der Waals surface area contributed by atoms with Crippen molar-refractivity contribution in [2.45, 2.75) is 117 Å². The van der Waals surface area contributed by atoms with Crippen molar-refractivity contribution in [1.29, 1.82) is 0 Å². The zero-order chi connectivity index (χ0) is 20.1. The molecule has 4 fully saturated rings. The number of aliphatic hydroxyl groups is 2. The molecule has 9 atom stereocenters. The third kappa shape index (κ3) is 3.59. The Labute approximate surface area is 173 Å². The van der Waals surface area contributed by atoms with E-state index in [0.717, 1.165) is 61.7 Å². The second kappa shape index (κ2) is 7.88. The van der Waals surface area contributed by atoms with E-state index in [1.165, 1.54) is 44.9 Å². The molecule has 0 aromatic carbocycles. The molecule has 0 radical (unpaired) electrons. The minimum absolute atomic E-state index is 0.0355. The molecule has 0 aromatic rings. The highest BCUT2D eigenvalue weighted by Crippen LogP contribution is 2.67. The van der Waals surface area contributed by atoms with Crippen molar-refractivity contribution in [1.82, 2.24) is 0 Å². The normalized spacial score (nSPS) is 49.4. The van der Waals surface area contributed by atoms with E-state index in [0.29, 0.717) is 16.7 Å². The van der Waals surface area contributed by atoms with Crippen LogP contribution >= 0.6 is 0 Å². The molecule has 0 saturated heterocycles. The first-order chi connectivity index (χ1) is 13.2. The Morgan fingerprint density at radius 2 is 1.57 bits per heavy atom. The lowest BCUT2D eigenvalue weighted by Gasteiger charge is -2.61. The van der Waals surface area contributed by atoms with Crippen molar-refractivity contribution < 1.29 is 10.2 Å². The smallest absolute Gasteiger partial charge is 0.0543 e. The van der Waals surface area contributed by atoms with Gasteiger partial charge in [0.25, 0.3) is 0 Å². The molecule has 4 saturated carbocycles. The zero-order valence-corrected chi connectivity index (χ0v) is 19.0. The molecule has 0 aromatic heterocycles. The van der Waals surface area contributed by atoms with E-state index in [-0.39, 0.29) is 12.2 Å². The van der Waals surface area contributed by atoms with Gasteiger partial charge in [-0.2, -0.15) is 0 Å². The highest BCUT2D eigenvalue weighted by Gasteiger charge is 2.60. The van der Waals surface area contributed by atoms with Gasteiger partial charge in [0, 0.05) is 0 Å². The zero-order valence-electron chi connectivity index (χ0n) is 19.0. The summed E-state index contributed by atoms with van der Waals surface area (Å²) in [6.45, 7) is 9.72. The average Bonchev–Trinajstić information content (AvgIpc) is 2.97. The SMILES string of the molecule is CC(C)CCC(O)C[C@H]1CCC2[C@@H]3CCC4C[C@@H](O)CCC4(C)C3CCC21C. The minimum Gasteiger partial charge on any atom is -0.393 e. The van der Waals surface area contributed by atoms with Crippen molar-refractivity contribution in [3.05, 3.63) is 0 Å². The van der Waals surface area contributed by atoms with Crippen LogP contribution in [0, 0.1) is 46.3 Å². The third-order valence-corrected chi connectivity index (χ3v) is 10.5. The molecule has 28 heavy (non-hydrogen) atoms. The second-order valence-corrected chi connectivity index (χ2v) is 12.3. The summed E-state index contributed by atoms with van der Waals surface area (Å²) in [6, 6.07) is 0. The fraction of sp³-hybridized carbons (Fsp3) is 1.00. The molecular weight excluding hydrogens is 344 g/mol. The van der Waals surface area contributed by atoms with E-state index >= 15 is 0 Å². The van der Waals surface area contributed by atoms with E-state index < -0.39 is 0 Å². The van der Waals surface area contributed by atoms with Gasteiger partial charge in [0.15, 0.2) is 0 Å².